The molecule has 8 heteroatoms. The molecule has 0 spiro atoms. The van der Waals surface area contributed by atoms with Crippen molar-refractivity contribution < 1.29 is 18.0 Å². The summed E-state index contributed by atoms with van der Waals surface area (Å²) in [6.07, 6.45) is 1.59. The number of carbonyl (C=O) groups excluding carboxylic acids is 1. The van der Waals surface area contributed by atoms with Gasteiger partial charge in [-0.1, -0.05) is 0 Å². The molecule has 2 unspecified atom stereocenters. The van der Waals surface area contributed by atoms with Crippen molar-refractivity contribution in [2.75, 3.05) is 11.4 Å². The maximum atomic E-state index is 14.2. The van der Waals surface area contributed by atoms with Crippen LogP contribution in [-0.4, -0.2) is 28.0 Å². The van der Waals surface area contributed by atoms with Gasteiger partial charge in [-0.2, -0.15) is 0 Å². The average molecular weight is 364 g/mol. The molecule has 2 heterocycles. The van der Waals surface area contributed by atoms with Gasteiger partial charge < -0.3 is 10.3 Å². The van der Waals surface area contributed by atoms with E-state index >= 15 is 0 Å². The first-order valence-electron chi connectivity index (χ1n) is 8.63. The summed E-state index contributed by atoms with van der Waals surface area (Å²) in [5.41, 5.74) is 8.01. The van der Waals surface area contributed by atoms with Crippen molar-refractivity contribution in [1.82, 2.24) is 9.55 Å². The Morgan fingerprint density at radius 2 is 1.88 bits per heavy atom. The number of carbonyl (C=O) groups is 1. The van der Waals surface area contributed by atoms with Crippen LogP contribution < -0.4 is 10.6 Å². The molecular weight excluding hydrogens is 345 g/mol. The molecule has 2 N–H and O–H groups in total. The van der Waals surface area contributed by atoms with Gasteiger partial charge in [0.25, 0.3) is 0 Å². The van der Waals surface area contributed by atoms with E-state index < -0.39 is 29.4 Å². The van der Waals surface area contributed by atoms with Crippen LogP contribution in [0.2, 0.25) is 0 Å². The van der Waals surface area contributed by atoms with E-state index in [4.69, 9.17) is 5.73 Å². The second-order valence-corrected chi connectivity index (χ2v) is 6.95. The van der Waals surface area contributed by atoms with Gasteiger partial charge >= 0.3 is 0 Å². The molecule has 2 aliphatic rings. The molecule has 0 fully saturated rings. The number of nitrogens with zero attached hydrogens (tertiary/aromatic N) is 3. The monoisotopic (exact) mass is 364 g/mol. The van der Waals surface area contributed by atoms with Gasteiger partial charge in [0.05, 0.1) is 5.69 Å². The Hall–Kier alpha value is -2.35. The number of hydrogen-bond donors (Lipinski definition) is 1. The maximum Gasteiger partial charge on any atom is 0.226 e. The molecule has 4 rings (SSSR count). The number of nitrogens with two attached hydrogens (primary N) is 1. The topological polar surface area (TPSA) is 64.2 Å². The second-order valence-electron chi connectivity index (χ2n) is 6.95. The predicted molar refractivity (Wildman–Crippen MR) is 89.3 cm³/mol. The van der Waals surface area contributed by atoms with Crippen LogP contribution >= 0.6 is 0 Å². The molecule has 0 bridgehead atoms. The summed E-state index contributed by atoms with van der Waals surface area (Å²) in [4.78, 5) is 18.1. The number of halogens is 3. The Balaban J connectivity index is 1.74. The minimum atomic E-state index is -1.22. The lowest BCUT2D eigenvalue weighted by Gasteiger charge is -2.31. The van der Waals surface area contributed by atoms with Crippen LogP contribution in [0.4, 0.5) is 19.1 Å². The molecule has 26 heavy (non-hydrogen) atoms. The van der Waals surface area contributed by atoms with Crippen molar-refractivity contribution in [3.05, 3.63) is 46.5 Å². The summed E-state index contributed by atoms with van der Waals surface area (Å²) in [7, 11) is 0. The predicted octanol–water partition coefficient (Wildman–Crippen LogP) is 2.27. The largest absolute Gasteiger partial charge is 0.327 e. The first kappa shape index (κ1) is 17.1. The fourth-order valence-electron chi connectivity index (χ4n) is 4.03. The fourth-order valence-corrected chi connectivity index (χ4v) is 4.03. The van der Waals surface area contributed by atoms with Crippen molar-refractivity contribution in [2.45, 2.75) is 44.7 Å². The quantitative estimate of drug-likeness (QED) is 0.790. The molecule has 0 radical (unpaired) electrons. The number of hydrogen-bond acceptors (Lipinski definition) is 3. The van der Waals surface area contributed by atoms with Crippen molar-refractivity contribution >= 4 is 11.9 Å². The third-order valence-corrected chi connectivity index (χ3v) is 5.32. The number of aromatic nitrogens is 2. The van der Waals surface area contributed by atoms with Crippen molar-refractivity contribution in [3.8, 4) is 0 Å². The smallest absolute Gasteiger partial charge is 0.226 e. The van der Waals surface area contributed by atoms with E-state index in [1.807, 2.05) is 4.57 Å². The molecule has 1 amide bonds. The Kier molecular flexibility index (Phi) is 4.02. The number of imidazole rings is 1. The van der Waals surface area contributed by atoms with Gasteiger partial charge in [-0.3, -0.25) is 9.69 Å². The van der Waals surface area contributed by atoms with E-state index in [1.165, 1.54) is 6.92 Å². The van der Waals surface area contributed by atoms with Crippen molar-refractivity contribution in [2.24, 2.45) is 5.73 Å². The average Bonchev–Trinajstić information content (AvgIpc) is 2.95. The van der Waals surface area contributed by atoms with Crippen LogP contribution in [0, 0.1) is 17.5 Å². The summed E-state index contributed by atoms with van der Waals surface area (Å²) in [5, 5.41) is 0. The lowest BCUT2D eigenvalue weighted by Crippen LogP contribution is -2.39. The van der Waals surface area contributed by atoms with E-state index in [0.29, 0.717) is 31.4 Å². The van der Waals surface area contributed by atoms with Gasteiger partial charge in [-0.15, -0.1) is 0 Å². The Labute approximate surface area is 148 Å². The maximum absolute atomic E-state index is 14.2. The number of rotatable bonds is 1. The van der Waals surface area contributed by atoms with Crippen LogP contribution in [0.1, 0.15) is 36.2 Å². The van der Waals surface area contributed by atoms with Gasteiger partial charge in [0, 0.05) is 56.6 Å². The van der Waals surface area contributed by atoms with Crippen LogP contribution in [0.5, 0.6) is 0 Å². The van der Waals surface area contributed by atoms with Crippen LogP contribution in [0.15, 0.2) is 12.1 Å². The van der Waals surface area contributed by atoms with Gasteiger partial charge in [-0.05, 0) is 18.1 Å². The zero-order valence-corrected chi connectivity index (χ0v) is 14.3. The zero-order chi connectivity index (χ0) is 18.6. The van der Waals surface area contributed by atoms with Crippen molar-refractivity contribution in [3.63, 3.8) is 0 Å². The highest BCUT2D eigenvalue weighted by atomic mass is 19.2. The number of benzene rings is 1. The first-order chi connectivity index (χ1) is 12.4. The highest BCUT2D eigenvalue weighted by molar-refractivity contribution is 5.90. The molecule has 1 aliphatic heterocycles. The highest BCUT2D eigenvalue weighted by Gasteiger charge is 2.36. The zero-order valence-electron chi connectivity index (χ0n) is 14.3. The Bertz CT molecular complexity index is 895. The van der Waals surface area contributed by atoms with Gasteiger partial charge in [0.2, 0.25) is 11.9 Å². The fraction of sp³-hybridized carbons (Fsp3) is 0.444. The molecule has 5 nitrogen and oxygen atoms in total. The summed E-state index contributed by atoms with van der Waals surface area (Å²) in [6, 6.07) is 0.996. The van der Waals surface area contributed by atoms with Crippen LogP contribution in [0.3, 0.4) is 0 Å². The van der Waals surface area contributed by atoms with E-state index in [2.05, 4.69) is 4.98 Å². The summed E-state index contributed by atoms with van der Waals surface area (Å²) in [6.45, 7) is 2.85. The molecule has 2 atom stereocenters. The molecule has 2 aromatic rings. The van der Waals surface area contributed by atoms with Crippen LogP contribution in [-0.2, 0) is 24.2 Å². The Morgan fingerprint density at radius 1 is 1.15 bits per heavy atom. The molecule has 0 saturated heterocycles. The molecule has 1 aliphatic carbocycles. The standard InChI is InChI=1S/C18H19F3N4O/c1-9(26)24-3-2-4-25-17-8-15(22)11(6-16(17)23-18(24)25)10-5-13(20)14(21)7-12(10)19/h5,7,11,15H,2-4,6,8,22H2,1H3. The summed E-state index contributed by atoms with van der Waals surface area (Å²) in [5.74, 6) is -3.10. The number of anilines is 1. The van der Waals surface area contributed by atoms with Crippen LogP contribution in [0.25, 0.3) is 0 Å². The van der Waals surface area contributed by atoms with E-state index in [9.17, 15) is 18.0 Å². The minimum absolute atomic E-state index is 0.0662. The third-order valence-electron chi connectivity index (χ3n) is 5.32. The van der Waals surface area contributed by atoms with Gasteiger partial charge in [0.15, 0.2) is 11.6 Å². The normalized spacial score (nSPS) is 22.1. The van der Waals surface area contributed by atoms with E-state index in [1.54, 1.807) is 4.90 Å². The lowest BCUT2D eigenvalue weighted by molar-refractivity contribution is -0.116. The van der Waals surface area contributed by atoms with Crippen molar-refractivity contribution in [1.29, 1.82) is 0 Å². The number of amides is 1. The molecule has 1 aromatic carbocycles. The van der Waals surface area contributed by atoms with E-state index in [0.717, 1.165) is 30.4 Å². The third kappa shape index (κ3) is 2.59. The lowest BCUT2D eigenvalue weighted by atomic mass is 9.80. The summed E-state index contributed by atoms with van der Waals surface area (Å²) < 4.78 is 43.1. The molecule has 1 aromatic heterocycles. The highest BCUT2D eigenvalue weighted by Crippen LogP contribution is 2.37. The summed E-state index contributed by atoms with van der Waals surface area (Å²) >= 11 is 0. The Morgan fingerprint density at radius 3 is 2.62 bits per heavy atom. The molecule has 0 saturated carbocycles. The van der Waals surface area contributed by atoms with E-state index in [-0.39, 0.29) is 11.5 Å². The number of fused-ring (bicyclic) bond motifs is 3. The molecule has 138 valence electrons. The van der Waals surface area contributed by atoms with Gasteiger partial charge in [0.1, 0.15) is 5.82 Å². The minimum Gasteiger partial charge on any atom is -0.327 e. The molecular formula is C18H19F3N4O. The second kappa shape index (κ2) is 6.12. The SMILES string of the molecule is CC(=O)N1CCCn2c1nc1c2CC(N)C(c2cc(F)c(F)cc2F)C1. The van der Waals surface area contributed by atoms with Gasteiger partial charge in [-0.25, -0.2) is 18.2 Å². The first-order valence-corrected chi connectivity index (χ1v) is 8.63.